The van der Waals surface area contributed by atoms with Crippen molar-refractivity contribution < 1.29 is 0 Å². The molecule has 49 heavy (non-hydrogen) atoms. The smallest absolute Gasteiger partial charge is 0.0725 e. The number of nitrogens with zero attached hydrogens (tertiary/aromatic N) is 1. The maximum atomic E-state index is 2.48. The largest absolute Gasteiger partial charge is 0.308 e. The third kappa shape index (κ3) is 3.30. The first kappa shape index (κ1) is 26.8. The highest BCUT2D eigenvalue weighted by molar-refractivity contribution is 6.13. The first-order chi connectivity index (χ1) is 24.3. The Labute approximate surface area is 285 Å². The summed E-state index contributed by atoms with van der Waals surface area (Å²) in [5.74, 6) is 0. The van der Waals surface area contributed by atoms with Gasteiger partial charge < -0.3 is 4.57 Å². The van der Waals surface area contributed by atoms with Crippen molar-refractivity contribution in [1.29, 1.82) is 0 Å². The molecule has 1 nitrogen and oxygen atoms in total. The fourth-order valence-electron chi connectivity index (χ4n) is 9.52. The molecule has 0 aliphatic heterocycles. The van der Waals surface area contributed by atoms with Gasteiger partial charge in [0.25, 0.3) is 0 Å². The fourth-order valence-corrected chi connectivity index (χ4v) is 9.52. The number of benzene rings is 8. The van der Waals surface area contributed by atoms with Crippen molar-refractivity contribution in [3.63, 3.8) is 0 Å². The lowest BCUT2D eigenvalue weighted by molar-refractivity contribution is 0.794. The molecule has 0 unspecified atom stereocenters. The minimum atomic E-state index is -0.356. The number of aryl methyl sites for hydroxylation is 1. The first-order valence-electron chi connectivity index (χ1n) is 17.2. The quantitative estimate of drug-likeness (QED) is 0.181. The Morgan fingerprint density at radius 3 is 1.65 bits per heavy atom. The van der Waals surface area contributed by atoms with Gasteiger partial charge in [0.1, 0.15) is 0 Å². The minimum absolute atomic E-state index is 0.356. The monoisotopic (exact) mass is 621 g/mol. The van der Waals surface area contributed by atoms with Crippen molar-refractivity contribution in [3.8, 4) is 39.1 Å². The summed E-state index contributed by atoms with van der Waals surface area (Å²) in [6.07, 6.45) is 0. The maximum absolute atomic E-state index is 2.48. The molecule has 1 heteroatoms. The average molecular weight is 622 g/mol. The molecule has 2 aliphatic rings. The second-order valence-corrected chi connectivity index (χ2v) is 13.6. The topological polar surface area (TPSA) is 4.93 Å². The molecule has 9 aromatic rings. The summed E-state index contributed by atoms with van der Waals surface area (Å²) in [4.78, 5) is 0. The zero-order chi connectivity index (χ0) is 32.3. The van der Waals surface area contributed by atoms with Crippen LogP contribution in [-0.4, -0.2) is 4.57 Å². The molecule has 0 radical (unpaired) electrons. The summed E-state index contributed by atoms with van der Waals surface area (Å²) >= 11 is 0. The Bertz CT molecular complexity index is 2800. The van der Waals surface area contributed by atoms with Crippen LogP contribution >= 0.6 is 0 Å². The zero-order valence-electron chi connectivity index (χ0n) is 27.1. The van der Waals surface area contributed by atoms with Crippen molar-refractivity contribution in [2.24, 2.45) is 0 Å². The Morgan fingerprint density at radius 1 is 0.367 bits per heavy atom. The van der Waals surface area contributed by atoms with Crippen LogP contribution in [0.2, 0.25) is 0 Å². The summed E-state index contributed by atoms with van der Waals surface area (Å²) in [6, 6.07) is 63.4. The van der Waals surface area contributed by atoms with Gasteiger partial charge in [-0.2, -0.15) is 0 Å². The molecule has 0 saturated heterocycles. The van der Waals surface area contributed by atoms with Crippen molar-refractivity contribution >= 4 is 32.6 Å². The summed E-state index contributed by atoms with van der Waals surface area (Å²) in [5.41, 5.74) is 18.0. The highest BCUT2D eigenvalue weighted by atomic mass is 15.0. The van der Waals surface area contributed by atoms with Gasteiger partial charge in [0.15, 0.2) is 0 Å². The average Bonchev–Trinajstić information content (AvgIpc) is 3.77. The van der Waals surface area contributed by atoms with E-state index in [-0.39, 0.29) is 5.41 Å². The predicted octanol–water partition coefficient (Wildman–Crippen LogP) is 12.3. The highest BCUT2D eigenvalue weighted by Crippen LogP contribution is 2.64. The molecule has 1 spiro atoms. The van der Waals surface area contributed by atoms with E-state index in [1.165, 1.54) is 99.5 Å². The first-order valence-corrected chi connectivity index (χ1v) is 17.2. The molecule has 0 saturated carbocycles. The number of aromatic nitrogens is 1. The molecular formula is C48H31N. The van der Waals surface area contributed by atoms with Gasteiger partial charge in [-0.3, -0.25) is 0 Å². The molecule has 0 amide bonds. The van der Waals surface area contributed by atoms with E-state index in [9.17, 15) is 0 Å². The Morgan fingerprint density at radius 2 is 0.898 bits per heavy atom. The second-order valence-electron chi connectivity index (χ2n) is 13.6. The Balaban J connectivity index is 1.22. The van der Waals surface area contributed by atoms with Crippen molar-refractivity contribution in [2.45, 2.75) is 12.3 Å². The van der Waals surface area contributed by atoms with Crippen molar-refractivity contribution in [3.05, 3.63) is 198 Å². The predicted molar refractivity (Wildman–Crippen MR) is 205 cm³/mol. The fraction of sp³-hybridized carbons (Fsp3) is 0.0417. The Hall–Kier alpha value is -6.18. The van der Waals surface area contributed by atoms with E-state index in [1.54, 1.807) is 0 Å². The summed E-state index contributed by atoms with van der Waals surface area (Å²) < 4.78 is 2.48. The van der Waals surface area contributed by atoms with Crippen molar-refractivity contribution in [1.82, 2.24) is 4.57 Å². The molecule has 228 valence electrons. The van der Waals surface area contributed by atoms with E-state index >= 15 is 0 Å². The van der Waals surface area contributed by atoms with E-state index in [0.717, 1.165) is 0 Å². The van der Waals surface area contributed by atoms with E-state index in [0.29, 0.717) is 0 Å². The second kappa shape index (κ2) is 9.69. The lowest BCUT2D eigenvalue weighted by Crippen LogP contribution is -2.25. The zero-order valence-corrected chi connectivity index (χ0v) is 27.1. The normalized spacial score (nSPS) is 13.6. The highest BCUT2D eigenvalue weighted by Gasteiger charge is 2.51. The van der Waals surface area contributed by atoms with Gasteiger partial charge in [-0.15, -0.1) is 0 Å². The number of para-hydroxylation sites is 2. The maximum Gasteiger partial charge on any atom is 0.0725 e. The molecule has 0 fully saturated rings. The van der Waals surface area contributed by atoms with Crippen LogP contribution in [0.5, 0.6) is 0 Å². The third-order valence-corrected chi connectivity index (χ3v) is 11.3. The van der Waals surface area contributed by atoms with Gasteiger partial charge in [-0.1, -0.05) is 158 Å². The van der Waals surface area contributed by atoms with Crippen LogP contribution in [-0.2, 0) is 5.41 Å². The molecule has 1 aromatic heterocycles. The summed E-state index contributed by atoms with van der Waals surface area (Å²) in [7, 11) is 0. The molecule has 1 heterocycles. The van der Waals surface area contributed by atoms with Crippen LogP contribution < -0.4 is 0 Å². The molecule has 8 aromatic carbocycles. The molecule has 0 bridgehead atoms. The standard InChI is InChI=1S/C48H31N/c1-30-14-12-22-38-36-19-7-11-27-44(36)49(47(30)38)45-29-28-32(31-15-2-3-18-35(31)45)37-21-13-26-43-46(37)39-20-6-10-25-42(39)48(43)40-23-8-4-16-33(40)34-17-5-9-24-41(34)48/h2-29H,1H3. The van der Waals surface area contributed by atoms with Gasteiger partial charge >= 0.3 is 0 Å². The SMILES string of the molecule is Cc1cccc2c3ccccc3n(-c3ccc(-c4cccc5c4-c4ccccc4C54c5ccccc5-c5ccccc54)c4ccccc34)c12. The van der Waals surface area contributed by atoms with Crippen LogP contribution in [0.4, 0.5) is 0 Å². The Kier molecular flexibility index (Phi) is 5.31. The molecule has 0 atom stereocenters. The van der Waals surface area contributed by atoms with E-state index in [1.807, 2.05) is 0 Å². The van der Waals surface area contributed by atoms with Gasteiger partial charge in [-0.25, -0.2) is 0 Å². The molecule has 2 aliphatic carbocycles. The van der Waals surface area contributed by atoms with Crippen LogP contribution in [0.3, 0.4) is 0 Å². The van der Waals surface area contributed by atoms with E-state index < -0.39 is 0 Å². The van der Waals surface area contributed by atoms with Crippen LogP contribution in [0, 0.1) is 6.92 Å². The van der Waals surface area contributed by atoms with Crippen LogP contribution in [0.25, 0.3) is 71.6 Å². The summed E-state index contributed by atoms with van der Waals surface area (Å²) in [5, 5.41) is 5.09. The minimum Gasteiger partial charge on any atom is -0.308 e. The van der Waals surface area contributed by atoms with Gasteiger partial charge in [0.2, 0.25) is 0 Å². The van der Waals surface area contributed by atoms with Crippen LogP contribution in [0.1, 0.15) is 27.8 Å². The van der Waals surface area contributed by atoms with E-state index in [2.05, 4.69) is 181 Å². The number of rotatable bonds is 2. The molecule has 11 rings (SSSR count). The van der Waals surface area contributed by atoms with Gasteiger partial charge in [-0.05, 0) is 85.6 Å². The van der Waals surface area contributed by atoms with Crippen LogP contribution in [0.15, 0.2) is 170 Å². The van der Waals surface area contributed by atoms with Gasteiger partial charge in [0.05, 0.1) is 22.1 Å². The van der Waals surface area contributed by atoms with Crippen molar-refractivity contribution in [2.75, 3.05) is 0 Å². The number of hydrogen-bond acceptors (Lipinski definition) is 0. The van der Waals surface area contributed by atoms with Gasteiger partial charge in [0, 0.05) is 16.2 Å². The molecule has 0 N–H and O–H groups in total. The lowest BCUT2D eigenvalue weighted by Gasteiger charge is -2.30. The number of hydrogen-bond donors (Lipinski definition) is 0. The lowest BCUT2D eigenvalue weighted by atomic mass is 9.70. The number of fused-ring (bicyclic) bond motifs is 14. The third-order valence-electron chi connectivity index (χ3n) is 11.3. The molecular weight excluding hydrogens is 591 g/mol. The van der Waals surface area contributed by atoms with E-state index in [4.69, 9.17) is 0 Å². The summed E-state index contributed by atoms with van der Waals surface area (Å²) in [6.45, 7) is 2.23.